The molecule has 0 saturated heterocycles. The molecule has 1 aromatic rings. The van der Waals surface area contributed by atoms with Crippen molar-refractivity contribution >= 4 is 33.2 Å². The maximum atomic E-state index is 11.8. The van der Waals surface area contributed by atoms with E-state index in [1.165, 1.54) is 7.11 Å². The van der Waals surface area contributed by atoms with Gasteiger partial charge in [0.1, 0.15) is 0 Å². The molecular formula is C14H21ClN2O4S. The van der Waals surface area contributed by atoms with Crippen molar-refractivity contribution in [1.82, 2.24) is 4.72 Å². The Kier molecular flexibility index (Phi) is 7.28. The molecule has 1 aromatic carbocycles. The number of benzene rings is 1. The fourth-order valence-corrected chi connectivity index (χ4v) is 3.26. The predicted octanol–water partition coefficient (Wildman–Crippen LogP) is 1.93. The summed E-state index contributed by atoms with van der Waals surface area (Å²) in [6, 6.07) is 5.28. The van der Waals surface area contributed by atoms with E-state index in [0.717, 1.165) is 5.56 Å². The van der Waals surface area contributed by atoms with Crippen molar-refractivity contribution in [3.8, 4) is 0 Å². The number of rotatable bonds is 8. The molecule has 1 amide bonds. The lowest BCUT2D eigenvalue weighted by molar-refractivity contribution is -0.116. The third kappa shape index (κ3) is 6.74. The normalized spacial score (nSPS) is 12.9. The van der Waals surface area contributed by atoms with Gasteiger partial charge in [0.15, 0.2) is 0 Å². The summed E-state index contributed by atoms with van der Waals surface area (Å²) >= 11 is 6.01. The van der Waals surface area contributed by atoms with Crippen LogP contribution in [0.25, 0.3) is 0 Å². The summed E-state index contributed by atoms with van der Waals surface area (Å²) in [6.45, 7) is 3.58. The predicted molar refractivity (Wildman–Crippen MR) is 87.7 cm³/mol. The van der Waals surface area contributed by atoms with Crippen molar-refractivity contribution in [1.29, 1.82) is 0 Å². The van der Waals surface area contributed by atoms with E-state index in [1.54, 1.807) is 19.1 Å². The van der Waals surface area contributed by atoms with Crippen molar-refractivity contribution < 1.29 is 17.9 Å². The van der Waals surface area contributed by atoms with E-state index in [1.807, 2.05) is 13.0 Å². The monoisotopic (exact) mass is 348 g/mol. The average molecular weight is 349 g/mol. The number of hydrogen-bond acceptors (Lipinski definition) is 4. The molecule has 1 atom stereocenters. The van der Waals surface area contributed by atoms with Crippen molar-refractivity contribution in [2.24, 2.45) is 0 Å². The largest absolute Gasteiger partial charge is 0.381 e. The number of carbonyl (C=O) groups is 1. The lowest BCUT2D eigenvalue weighted by Crippen LogP contribution is -2.33. The molecule has 0 aliphatic heterocycles. The van der Waals surface area contributed by atoms with E-state index in [0.29, 0.717) is 10.7 Å². The highest BCUT2D eigenvalue weighted by Gasteiger charge is 2.15. The van der Waals surface area contributed by atoms with Crippen LogP contribution >= 0.6 is 11.6 Å². The zero-order chi connectivity index (χ0) is 16.8. The second-order valence-corrected chi connectivity index (χ2v) is 7.26. The van der Waals surface area contributed by atoms with Crippen molar-refractivity contribution in [3.63, 3.8) is 0 Å². The Morgan fingerprint density at radius 2 is 2.09 bits per heavy atom. The van der Waals surface area contributed by atoms with E-state index in [4.69, 9.17) is 16.3 Å². The molecule has 22 heavy (non-hydrogen) atoms. The highest BCUT2D eigenvalue weighted by atomic mass is 35.5. The quantitative estimate of drug-likeness (QED) is 0.751. The molecule has 0 bridgehead atoms. The number of anilines is 1. The summed E-state index contributed by atoms with van der Waals surface area (Å²) < 4.78 is 30.6. The highest BCUT2D eigenvalue weighted by Crippen LogP contribution is 2.22. The van der Waals surface area contributed by atoms with E-state index >= 15 is 0 Å². The van der Waals surface area contributed by atoms with Crippen LogP contribution in [0.5, 0.6) is 0 Å². The van der Waals surface area contributed by atoms with Gasteiger partial charge in [-0.15, -0.1) is 0 Å². The number of sulfonamides is 1. The SMILES string of the molecule is COC(C)CS(=O)(=O)NCCC(=O)Nc1ccc(C)cc1Cl. The summed E-state index contributed by atoms with van der Waals surface area (Å²) in [4.78, 5) is 11.8. The Morgan fingerprint density at radius 1 is 1.41 bits per heavy atom. The Labute approximate surface area is 136 Å². The third-order valence-corrected chi connectivity index (χ3v) is 4.79. The molecule has 0 aliphatic carbocycles. The van der Waals surface area contributed by atoms with Crippen molar-refractivity contribution in [3.05, 3.63) is 28.8 Å². The number of carbonyl (C=O) groups excluding carboxylic acids is 1. The molecular weight excluding hydrogens is 328 g/mol. The minimum atomic E-state index is -3.46. The smallest absolute Gasteiger partial charge is 0.225 e. The number of methoxy groups -OCH3 is 1. The molecule has 0 aromatic heterocycles. The number of ether oxygens (including phenoxy) is 1. The molecule has 0 heterocycles. The van der Waals surface area contributed by atoms with Gasteiger partial charge in [-0.05, 0) is 31.5 Å². The van der Waals surface area contributed by atoms with Crippen LogP contribution in [0.15, 0.2) is 18.2 Å². The van der Waals surface area contributed by atoms with E-state index in [2.05, 4.69) is 10.0 Å². The van der Waals surface area contributed by atoms with Gasteiger partial charge in [0, 0.05) is 20.1 Å². The summed E-state index contributed by atoms with van der Waals surface area (Å²) in [5, 5.41) is 3.09. The van der Waals surface area contributed by atoms with Gasteiger partial charge in [0.25, 0.3) is 0 Å². The van der Waals surface area contributed by atoms with Gasteiger partial charge >= 0.3 is 0 Å². The van der Waals surface area contributed by atoms with Crippen molar-refractivity contribution in [2.45, 2.75) is 26.4 Å². The van der Waals surface area contributed by atoms with Gasteiger partial charge in [-0.3, -0.25) is 4.79 Å². The first-order valence-corrected chi connectivity index (χ1v) is 8.82. The Balaban J connectivity index is 2.43. The van der Waals surface area contributed by atoms with Crippen LogP contribution in [0.3, 0.4) is 0 Å². The summed E-state index contributed by atoms with van der Waals surface area (Å²) in [5.41, 5.74) is 1.50. The number of amides is 1. The van der Waals surface area contributed by atoms with Gasteiger partial charge < -0.3 is 10.1 Å². The van der Waals surface area contributed by atoms with Gasteiger partial charge in [0.2, 0.25) is 15.9 Å². The van der Waals surface area contributed by atoms with Crippen LogP contribution in [0.2, 0.25) is 5.02 Å². The van der Waals surface area contributed by atoms with Gasteiger partial charge in [-0.25, -0.2) is 13.1 Å². The molecule has 124 valence electrons. The molecule has 6 nitrogen and oxygen atoms in total. The average Bonchev–Trinajstić information content (AvgIpc) is 2.41. The first-order valence-electron chi connectivity index (χ1n) is 6.79. The van der Waals surface area contributed by atoms with Crippen LogP contribution in [-0.4, -0.2) is 39.8 Å². The highest BCUT2D eigenvalue weighted by molar-refractivity contribution is 7.89. The van der Waals surface area contributed by atoms with Crippen LogP contribution in [0, 0.1) is 6.92 Å². The minimum absolute atomic E-state index is 0.0186. The second-order valence-electron chi connectivity index (χ2n) is 5.00. The lowest BCUT2D eigenvalue weighted by Gasteiger charge is -2.11. The first kappa shape index (κ1) is 18.9. The second kappa shape index (κ2) is 8.47. The summed E-state index contributed by atoms with van der Waals surface area (Å²) in [5.74, 6) is -0.456. The van der Waals surface area contributed by atoms with Crippen LogP contribution in [-0.2, 0) is 19.6 Å². The Morgan fingerprint density at radius 3 is 2.68 bits per heavy atom. The lowest BCUT2D eigenvalue weighted by atomic mass is 10.2. The molecule has 8 heteroatoms. The minimum Gasteiger partial charge on any atom is -0.381 e. The molecule has 0 spiro atoms. The zero-order valence-electron chi connectivity index (χ0n) is 12.8. The molecule has 0 fully saturated rings. The van der Waals surface area contributed by atoms with Crippen LogP contribution < -0.4 is 10.0 Å². The van der Waals surface area contributed by atoms with Gasteiger partial charge in [-0.2, -0.15) is 0 Å². The first-order chi connectivity index (χ1) is 10.2. The van der Waals surface area contributed by atoms with Crippen LogP contribution in [0.4, 0.5) is 5.69 Å². The fraction of sp³-hybridized carbons (Fsp3) is 0.500. The van der Waals surface area contributed by atoms with E-state index in [9.17, 15) is 13.2 Å². The van der Waals surface area contributed by atoms with E-state index in [-0.39, 0.29) is 24.6 Å². The molecule has 1 unspecified atom stereocenters. The molecule has 0 saturated carbocycles. The third-order valence-electron chi connectivity index (χ3n) is 2.93. The fourth-order valence-electron chi connectivity index (χ4n) is 1.69. The van der Waals surface area contributed by atoms with E-state index < -0.39 is 16.1 Å². The van der Waals surface area contributed by atoms with Gasteiger partial charge in [-0.1, -0.05) is 17.7 Å². The standard InChI is InChI=1S/C14H21ClN2O4S/c1-10-4-5-13(12(15)8-10)17-14(18)6-7-16-22(19,20)9-11(2)21-3/h4-5,8,11,16H,6-7,9H2,1-3H3,(H,17,18). The molecule has 0 radical (unpaired) electrons. The zero-order valence-corrected chi connectivity index (χ0v) is 14.4. The maximum absolute atomic E-state index is 11.8. The topological polar surface area (TPSA) is 84.5 Å². The maximum Gasteiger partial charge on any atom is 0.225 e. The van der Waals surface area contributed by atoms with Crippen LogP contribution in [0.1, 0.15) is 18.9 Å². The molecule has 0 aliphatic rings. The Hall–Kier alpha value is -1.15. The number of aryl methyl sites for hydroxylation is 1. The van der Waals surface area contributed by atoms with Gasteiger partial charge in [0.05, 0.1) is 22.6 Å². The number of nitrogens with one attached hydrogen (secondary N) is 2. The Bertz CT molecular complexity index is 619. The molecule has 2 N–H and O–H groups in total. The summed E-state index contributed by atoms with van der Waals surface area (Å²) in [7, 11) is -2.01. The number of halogens is 1. The molecule has 1 rings (SSSR count). The summed E-state index contributed by atoms with van der Waals surface area (Å²) in [6.07, 6.45) is -0.386. The number of hydrogen-bond donors (Lipinski definition) is 2. The van der Waals surface area contributed by atoms with Crippen molar-refractivity contribution in [2.75, 3.05) is 24.7 Å².